The molecule has 0 saturated carbocycles. The van der Waals surface area contributed by atoms with Crippen LogP contribution < -0.4 is 9.04 Å². The molecule has 0 saturated heterocycles. The highest BCUT2D eigenvalue weighted by Gasteiger charge is 2.07. The first-order valence-corrected chi connectivity index (χ1v) is 6.84. The average Bonchev–Trinajstić information content (AvgIpc) is 2.45. The second-order valence-corrected chi connectivity index (χ2v) is 5.01. The van der Waals surface area contributed by atoms with Crippen molar-refractivity contribution in [2.45, 2.75) is 6.61 Å². The molecule has 0 fully saturated rings. The van der Waals surface area contributed by atoms with Crippen molar-refractivity contribution in [3.8, 4) is 5.75 Å². The van der Waals surface area contributed by atoms with E-state index in [1.807, 2.05) is 36.4 Å². The predicted molar refractivity (Wildman–Crippen MR) is 76.4 cm³/mol. The van der Waals surface area contributed by atoms with Crippen molar-refractivity contribution in [3.05, 3.63) is 60.2 Å². The lowest BCUT2D eigenvalue weighted by atomic mass is 10.2. The van der Waals surface area contributed by atoms with Gasteiger partial charge in [-0.2, -0.15) is 0 Å². The molecule has 0 amide bonds. The zero-order valence-electron chi connectivity index (χ0n) is 10.5. The Bertz CT molecular complexity index is 560. The lowest BCUT2D eigenvalue weighted by Gasteiger charge is -2.15. The Morgan fingerprint density at radius 3 is 2.58 bits per heavy atom. The molecule has 19 heavy (non-hydrogen) atoms. The molecule has 4 nitrogen and oxygen atoms in total. The summed E-state index contributed by atoms with van der Waals surface area (Å²) in [6.45, 7) is 0.468. The van der Waals surface area contributed by atoms with Gasteiger partial charge in [0.1, 0.15) is 12.4 Å². The molecular weight excluding hydrogens is 262 g/mol. The van der Waals surface area contributed by atoms with E-state index < -0.39 is 11.3 Å². The van der Waals surface area contributed by atoms with Crippen molar-refractivity contribution in [2.75, 3.05) is 11.4 Å². The summed E-state index contributed by atoms with van der Waals surface area (Å²) in [6.07, 6.45) is 0. The Hall–Kier alpha value is -1.85. The van der Waals surface area contributed by atoms with Crippen molar-refractivity contribution in [1.82, 2.24) is 0 Å². The summed E-state index contributed by atoms with van der Waals surface area (Å²) in [6, 6.07) is 16.9. The van der Waals surface area contributed by atoms with Crippen molar-refractivity contribution >= 4 is 17.0 Å². The molecule has 0 bridgehead atoms. The van der Waals surface area contributed by atoms with Gasteiger partial charge in [-0.3, -0.25) is 8.86 Å². The Morgan fingerprint density at radius 1 is 1.16 bits per heavy atom. The van der Waals surface area contributed by atoms with Gasteiger partial charge in [0, 0.05) is 13.1 Å². The van der Waals surface area contributed by atoms with Crippen LogP contribution in [0.15, 0.2) is 54.6 Å². The van der Waals surface area contributed by atoms with E-state index in [2.05, 4.69) is 0 Å². The summed E-state index contributed by atoms with van der Waals surface area (Å²) in [7, 11) is 1.55. The molecule has 0 heterocycles. The number of nitrogens with zero attached hydrogens (tertiary/aromatic N) is 1. The molecule has 1 unspecified atom stereocenters. The molecule has 0 aliphatic rings. The third-order valence-corrected chi connectivity index (χ3v) is 3.34. The number of benzene rings is 2. The van der Waals surface area contributed by atoms with Gasteiger partial charge in [0.15, 0.2) is 0 Å². The van der Waals surface area contributed by atoms with Crippen LogP contribution >= 0.6 is 0 Å². The Labute approximate surface area is 115 Å². The summed E-state index contributed by atoms with van der Waals surface area (Å²) in [5.74, 6) is 0.665. The van der Waals surface area contributed by atoms with Gasteiger partial charge in [-0.05, 0) is 17.7 Å². The predicted octanol–water partition coefficient (Wildman–Crippen LogP) is 2.84. The molecular formula is C14H15NO3S. The van der Waals surface area contributed by atoms with Crippen LogP contribution in [0.25, 0.3) is 0 Å². The minimum atomic E-state index is -2.03. The maximum absolute atomic E-state index is 11.0. The van der Waals surface area contributed by atoms with Crippen LogP contribution in [0, 0.1) is 0 Å². The topological polar surface area (TPSA) is 49.8 Å². The second kappa shape index (κ2) is 6.36. The van der Waals surface area contributed by atoms with E-state index >= 15 is 0 Å². The summed E-state index contributed by atoms with van der Waals surface area (Å²) in [4.78, 5) is 0. The molecule has 0 aromatic heterocycles. The minimum absolute atomic E-state index is 0.468. The van der Waals surface area contributed by atoms with Gasteiger partial charge in [0.05, 0.1) is 5.69 Å². The first kappa shape index (κ1) is 13.6. The minimum Gasteiger partial charge on any atom is -0.489 e. The molecule has 5 heteroatoms. The maximum atomic E-state index is 11.0. The average molecular weight is 277 g/mol. The number of rotatable bonds is 5. The van der Waals surface area contributed by atoms with Gasteiger partial charge in [0.25, 0.3) is 11.3 Å². The first-order chi connectivity index (χ1) is 9.16. The standard InChI is InChI=1S/C14H15NO3S/c1-15(19(16)17)13-8-5-9-14(10-13)18-11-12-6-3-2-4-7-12/h2-10H,11H2,1H3,(H,16,17). The fourth-order valence-corrected chi connectivity index (χ4v) is 1.89. The van der Waals surface area contributed by atoms with Gasteiger partial charge in [-0.1, -0.05) is 36.4 Å². The number of hydrogen-bond acceptors (Lipinski definition) is 2. The van der Waals surface area contributed by atoms with E-state index in [1.54, 1.807) is 25.2 Å². The van der Waals surface area contributed by atoms with Crippen molar-refractivity contribution in [1.29, 1.82) is 0 Å². The molecule has 1 atom stereocenters. The molecule has 0 radical (unpaired) electrons. The van der Waals surface area contributed by atoms with Gasteiger partial charge in [-0.25, -0.2) is 4.21 Å². The normalized spacial score (nSPS) is 11.9. The van der Waals surface area contributed by atoms with Gasteiger partial charge in [-0.15, -0.1) is 0 Å². The van der Waals surface area contributed by atoms with Crippen molar-refractivity contribution in [2.24, 2.45) is 0 Å². The van der Waals surface area contributed by atoms with Crippen LogP contribution in [-0.4, -0.2) is 15.8 Å². The van der Waals surface area contributed by atoms with E-state index in [0.29, 0.717) is 18.0 Å². The number of ether oxygens (including phenoxy) is 1. The van der Waals surface area contributed by atoms with E-state index in [1.165, 1.54) is 4.31 Å². The molecule has 0 spiro atoms. The molecule has 100 valence electrons. The van der Waals surface area contributed by atoms with E-state index in [9.17, 15) is 4.21 Å². The van der Waals surface area contributed by atoms with E-state index in [0.717, 1.165) is 5.56 Å². The maximum Gasteiger partial charge on any atom is 0.261 e. The second-order valence-electron chi connectivity index (χ2n) is 4.00. The Balaban J connectivity index is 2.05. The van der Waals surface area contributed by atoms with Crippen LogP contribution in [0.1, 0.15) is 5.56 Å². The van der Waals surface area contributed by atoms with Crippen molar-refractivity contribution in [3.63, 3.8) is 0 Å². The van der Waals surface area contributed by atoms with E-state index in [4.69, 9.17) is 9.29 Å². The van der Waals surface area contributed by atoms with E-state index in [-0.39, 0.29) is 0 Å². The monoisotopic (exact) mass is 277 g/mol. The van der Waals surface area contributed by atoms with Gasteiger partial charge < -0.3 is 4.74 Å². The summed E-state index contributed by atoms with van der Waals surface area (Å²) < 4.78 is 26.9. The summed E-state index contributed by atoms with van der Waals surface area (Å²) >= 11 is -2.03. The zero-order chi connectivity index (χ0) is 13.7. The largest absolute Gasteiger partial charge is 0.489 e. The third kappa shape index (κ3) is 3.81. The quantitative estimate of drug-likeness (QED) is 0.855. The Kier molecular flexibility index (Phi) is 4.54. The fourth-order valence-electron chi connectivity index (χ4n) is 1.60. The molecule has 0 aliphatic heterocycles. The third-order valence-electron chi connectivity index (χ3n) is 2.66. The lowest BCUT2D eigenvalue weighted by Crippen LogP contribution is -2.18. The molecule has 1 N–H and O–H groups in total. The molecule has 0 aliphatic carbocycles. The van der Waals surface area contributed by atoms with Gasteiger partial charge in [0.2, 0.25) is 0 Å². The highest BCUT2D eigenvalue weighted by Crippen LogP contribution is 2.21. The van der Waals surface area contributed by atoms with Crippen LogP contribution in [0.2, 0.25) is 0 Å². The molecule has 2 aromatic rings. The van der Waals surface area contributed by atoms with Gasteiger partial charge >= 0.3 is 0 Å². The highest BCUT2D eigenvalue weighted by molar-refractivity contribution is 7.80. The highest BCUT2D eigenvalue weighted by atomic mass is 32.2. The van der Waals surface area contributed by atoms with Crippen LogP contribution in [0.5, 0.6) is 5.75 Å². The SMILES string of the molecule is CN(c1cccc(OCc2ccccc2)c1)S(=O)O. The Morgan fingerprint density at radius 2 is 1.89 bits per heavy atom. The fraction of sp³-hybridized carbons (Fsp3) is 0.143. The van der Waals surface area contributed by atoms with Crippen molar-refractivity contribution < 1.29 is 13.5 Å². The zero-order valence-corrected chi connectivity index (χ0v) is 11.3. The molecule has 2 rings (SSSR count). The number of hydrogen-bond donors (Lipinski definition) is 1. The number of anilines is 1. The van der Waals surface area contributed by atoms with Crippen LogP contribution in [0.3, 0.4) is 0 Å². The summed E-state index contributed by atoms with van der Waals surface area (Å²) in [5, 5.41) is 0. The molecule has 2 aromatic carbocycles. The lowest BCUT2D eigenvalue weighted by molar-refractivity contribution is 0.306. The first-order valence-electron chi connectivity index (χ1n) is 5.78. The van der Waals surface area contributed by atoms with Crippen LogP contribution in [0.4, 0.5) is 5.69 Å². The van der Waals surface area contributed by atoms with Crippen LogP contribution in [-0.2, 0) is 17.9 Å². The smallest absolute Gasteiger partial charge is 0.261 e. The summed E-state index contributed by atoms with van der Waals surface area (Å²) in [5.41, 5.74) is 1.71.